The first-order chi connectivity index (χ1) is 18.8. The van der Waals surface area contributed by atoms with Crippen molar-refractivity contribution in [1.82, 2.24) is 14.8 Å². The number of pyridine rings is 1. The van der Waals surface area contributed by atoms with Gasteiger partial charge in [-0.2, -0.15) is 0 Å². The monoisotopic (exact) mass is 502 g/mol. The molecule has 1 unspecified atom stereocenters. The Bertz CT molecular complexity index is 1270. The topological polar surface area (TPSA) is 42.8 Å². The van der Waals surface area contributed by atoms with Gasteiger partial charge in [-0.3, -0.25) is 9.88 Å². The summed E-state index contributed by atoms with van der Waals surface area (Å²) in [6.07, 6.45) is 9.02. The molecule has 0 saturated carbocycles. The zero-order chi connectivity index (χ0) is 26.0. The Balaban J connectivity index is 1.18. The van der Waals surface area contributed by atoms with Crippen molar-refractivity contribution in [3.8, 4) is 23.7 Å². The maximum Gasteiger partial charge on any atom is 0.146 e. The van der Waals surface area contributed by atoms with Gasteiger partial charge in [0.05, 0.1) is 25.0 Å². The van der Waals surface area contributed by atoms with Crippen molar-refractivity contribution >= 4 is 11.8 Å². The van der Waals surface area contributed by atoms with Gasteiger partial charge in [-0.15, -0.1) is 0 Å². The van der Waals surface area contributed by atoms with Crippen LogP contribution in [-0.4, -0.2) is 71.4 Å². The maximum atomic E-state index is 10.5. The molecule has 0 radical (unpaired) electrons. The second-order valence-electron chi connectivity index (χ2n) is 9.71. The highest BCUT2D eigenvalue weighted by Crippen LogP contribution is 2.27. The van der Waals surface area contributed by atoms with Crippen LogP contribution in [0.1, 0.15) is 29.5 Å². The molecule has 0 spiro atoms. The zero-order valence-corrected chi connectivity index (χ0v) is 21.7. The molecule has 0 aliphatic carbocycles. The molecule has 2 aromatic carbocycles. The van der Waals surface area contributed by atoms with Gasteiger partial charge in [-0.05, 0) is 62.3 Å². The molecule has 5 heteroatoms. The molecule has 38 heavy (non-hydrogen) atoms. The van der Waals surface area contributed by atoms with E-state index < -0.39 is 6.23 Å². The van der Waals surface area contributed by atoms with E-state index in [4.69, 9.17) is 0 Å². The Labute approximate surface area is 226 Å². The minimum absolute atomic E-state index is 0.454. The fourth-order valence-corrected chi connectivity index (χ4v) is 5.07. The molecule has 0 bridgehead atoms. The Morgan fingerprint density at radius 2 is 1.47 bits per heavy atom. The van der Waals surface area contributed by atoms with Gasteiger partial charge >= 0.3 is 0 Å². The number of rotatable bonds is 6. The lowest BCUT2D eigenvalue weighted by Crippen LogP contribution is -2.48. The second-order valence-corrected chi connectivity index (χ2v) is 9.71. The Morgan fingerprint density at radius 1 is 0.842 bits per heavy atom. The Hall–Kier alpha value is -3.87. The molecular formula is C33H34N4O. The van der Waals surface area contributed by atoms with Gasteiger partial charge < -0.3 is 14.9 Å². The van der Waals surface area contributed by atoms with Crippen LogP contribution in [0.2, 0.25) is 0 Å². The lowest BCUT2D eigenvalue weighted by atomic mass is 10.0. The molecule has 1 aromatic heterocycles. The van der Waals surface area contributed by atoms with E-state index in [0.29, 0.717) is 19.1 Å². The van der Waals surface area contributed by atoms with E-state index in [1.165, 1.54) is 0 Å². The first kappa shape index (κ1) is 25.8. The molecule has 3 heterocycles. The predicted octanol–water partition coefficient (Wildman–Crippen LogP) is 4.10. The van der Waals surface area contributed by atoms with Crippen LogP contribution >= 0.6 is 0 Å². The smallest absolute Gasteiger partial charge is 0.146 e. The van der Waals surface area contributed by atoms with Crippen molar-refractivity contribution in [3.05, 3.63) is 102 Å². The Kier molecular flexibility index (Phi) is 8.87. The largest absolute Gasteiger partial charge is 0.370 e. The minimum atomic E-state index is -0.605. The molecule has 5 rings (SSSR count). The van der Waals surface area contributed by atoms with Gasteiger partial charge in [0, 0.05) is 42.0 Å². The lowest BCUT2D eigenvalue weighted by Gasteiger charge is -2.39. The van der Waals surface area contributed by atoms with Crippen LogP contribution in [0.5, 0.6) is 0 Å². The van der Waals surface area contributed by atoms with Crippen LogP contribution in [0.3, 0.4) is 0 Å². The van der Waals surface area contributed by atoms with E-state index in [1.807, 2.05) is 65.7 Å². The fraction of sp³-hybridized carbons (Fsp3) is 0.303. The summed E-state index contributed by atoms with van der Waals surface area (Å²) in [5.74, 6) is 13.4. The van der Waals surface area contributed by atoms with Gasteiger partial charge in [0.1, 0.15) is 6.23 Å². The SMILES string of the molecule is OC1C=Cc2ccncc2N1CCN1CCC(N(CC#Cc2ccccc2)CC#Cc2ccccc2)CC1. The summed E-state index contributed by atoms with van der Waals surface area (Å²) in [5, 5.41) is 10.5. The summed E-state index contributed by atoms with van der Waals surface area (Å²) in [6.45, 7) is 5.15. The van der Waals surface area contributed by atoms with Crippen molar-refractivity contribution in [2.45, 2.75) is 25.1 Å². The average Bonchev–Trinajstić information content (AvgIpc) is 2.97. The van der Waals surface area contributed by atoms with E-state index in [9.17, 15) is 5.11 Å². The van der Waals surface area contributed by atoms with Crippen LogP contribution < -0.4 is 4.90 Å². The molecule has 1 saturated heterocycles. The van der Waals surface area contributed by atoms with Gasteiger partial charge in [-0.1, -0.05) is 66.2 Å². The molecular weight excluding hydrogens is 468 g/mol. The van der Waals surface area contributed by atoms with Crippen LogP contribution in [0.15, 0.2) is 85.2 Å². The predicted molar refractivity (Wildman–Crippen MR) is 154 cm³/mol. The van der Waals surface area contributed by atoms with Crippen molar-refractivity contribution in [1.29, 1.82) is 0 Å². The number of piperidine rings is 1. The highest BCUT2D eigenvalue weighted by molar-refractivity contribution is 5.70. The number of nitrogens with zero attached hydrogens (tertiary/aromatic N) is 4. The highest BCUT2D eigenvalue weighted by atomic mass is 16.3. The van der Waals surface area contributed by atoms with Crippen molar-refractivity contribution in [2.24, 2.45) is 0 Å². The molecule has 5 nitrogen and oxygen atoms in total. The van der Waals surface area contributed by atoms with Crippen molar-refractivity contribution in [3.63, 3.8) is 0 Å². The normalized spacial score (nSPS) is 17.3. The van der Waals surface area contributed by atoms with Gasteiger partial charge in [0.15, 0.2) is 0 Å². The van der Waals surface area contributed by atoms with Crippen LogP contribution in [-0.2, 0) is 0 Å². The molecule has 192 valence electrons. The maximum absolute atomic E-state index is 10.5. The Morgan fingerprint density at radius 3 is 2.11 bits per heavy atom. The number of benzene rings is 2. The third-order valence-electron chi connectivity index (χ3n) is 7.22. The van der Waals surface area contributed by atoms with E-state index in [-0.39, 0.29) is 0 Å². The average molecular weight is 503 g/mol. The third-order valence-corrected chi connectivity index (χ3v) is 7.22. The van der Waals surface area contributed by atoms with Gasteiger partial charge in [-0.25, -0.2) is 0 Å². The summed E-state index contributed by atoms with van der Waals surface area (Å²) in [4.78, 5) is 11.2. The summed E-state index contributed by atoms with van der Waals surface area (Å²) in [7, 11) is 0. The van der Waals surface area contributed by atoms with Gasteiger partial charge in [0.2, 0.25) is 0 Å². The summed E-state index contributed by atoms with van der Waals surface area (Å²) < 4.78 is 0. The van der Waals surface area contributed by atoms with E-state index in [0.717, 1.165) is 61.4 Å². The van der Waals surface area contributed by atoms with Crippen LogP contribution in [0.4, 0.5) is 5.69 Å². The number of fused-ring (bicyclic) bond motifs is 1. The van der Waals surface area contributed by atoms with E-state index in [2.05, 4.69) is 62.7 Å². The first-order valence-electron chi connectivity index (χ1n) is 13.4. The molecule has 0 amide bonds. The molecule has 1 atom stereocenters. The van der Waals surface area contributed by atoms with E-state index >= 15 is 0 Å². The van der Waals surface area contributed by atoms with Crippen molar-refractivity contribution in [2.75, 3.05) is 44.2 Å². The first-order valence-corrected chi connectivity index (χ1v) is 13.4. The minimum Gasteiger partial charge on any atom is -0.370 e. The number of hydrogen-bond acceptors (Lipinski definition) is 5. The summed E-state index contributed by atoms with van der Waals surface area (Å²) in [6, 6.07) is 22.8. The van der Waals surface area contributed by atoms with Crippen LogP contribution in [0.25, 0.3) is 6.08 Å². The highest BCUT2D eigenvalue weighted by Gasteiger charge is 2.26. The standard InChI is InChI=1S/C33H34N4O/c38-33-16-15-30-17-20-34-27-32(30)37(33)26-25-35-23-18-31(19-24-35)36(21-7-13-28-9-3-1-4-10-28)22-8-14-29-11-5-2-6-12-29/h1-6,9-12,15-17,20,27,31,33,38H,18-19,21-26H2. The summed E-state index contributed by atoms with van der Waals surface area (Å²) in [5.41, 5.74) is 4.19. The number of likely N-dealkylation sites (tertiary alicyclic amines) is 1. The molecule has 2 aliphatic heterocycles. The number of aliphatic hydroxyl groups excluding tert-OH is 1. The molecule has 3 aromatic rings. The second kappa shape index (κ2) is 13.1. The third kappa shape index (κ3) is 6.91. The lowest BCUT2D eigenvalue weighted by molar-refractivity contribution is 0.127. The van der Waals surface area contributed by atoms with Crippen molar-refractivity contribution < 1.29 is 5.11 Å². The van der Waals surface area contributed by atoms with E-state index in [1.54, 1.807) is 6.20 Å². The quantitative estimate of drug-likeness (QED) is 0.514. The zero-order valence-electron chi connectivity index (χ0n) is 21.7. The number of aromatic nitrogens is 1. The number of hydrogen-bond donors (Lipinski definition) is 1. The molecule has 2 aliphatic rings. The number of anilines is 1. The summed E-state index contributed by atoms with van der Waals surface area (Å²) >= 11 is 0. The molecule has 1 fully saturated rings. The number of aliphatic hydroxyl groups is 1. The molecule has 1 N–H and O–H groups in total. The fourth-order valence-electron chi connectivity index (χ4n) is 5.07. The van der Waals surface area contributed by atoms with Gasteiger partial charge in [0.25, 0.3) is 0 Å². The van der Waals surface area contributed by atoms with Crippen LogP contribution in [0, 0.1) is 23.7 Å².